The first-order chi connectivity index (χ1) is 25.4. The first kappa shape index (κ1) is 30.3. The SMILES string of the molecule is CC(C)(C)c1ccnc(-n2c3cc(Oc4cccc(N5CN(c6ccccc6)c6ccccc65)c4)ccc3c3oc4ccc5ccccc5c4c32)c1. The van der Waals surface area contributed by atoms with Gasteiger partial charge in [-0.25, -0.2) is 4.98 Å². The highest BCUT2D eigenvalue weighted by Crippen LogP contribution is 2.46. The van der Waals surface area contributed by atoms with E-state index in [4.69, 9.17) is 14.1 Å². The van der Waals surface area contributed by atoms with E-state index in [1.807, 2.05) is 18.3 Å². The second-order valence-electron chi connectivity index (χ2n) is 14.5. The summed E-state index contributed by atoms with van der Waals surface area (Å²) in [5, 5.41) is 4.41. The van der Waals surface area contributed by atoms with Crippen molar-refractivity contribution in [1.82, 2.24) is 9.55 Å². The van der Waals surface area contributed by atoms with Crippen LogP contribution in [0.4, 0.5) is 22.7 Å². The number of nitrogens with zero attached hydrogens (tertiary/aromatic N) is 4. The molecule has 1 aliphatic heterocycles. The summed E-state index contributed by atoms with van der Waals surface area (Å²) >= 11 is 0. The molecule has 6 nitrogen and oxygen atoms in total. The molecule has 0 fully saturated rings. The van der Waals surface area contributed by atoms with Crippen molar-refractivity contribution in [2.75, 3.05) is 16.5 Å². The molecule has 0 amide bonds. The molecule has 0 bridgehead atoms. The lowest BCUT2D eigenvalue weighted by Crippen LogP contribution is -2.23. The highest BCUT2D eigenvalue weighted by molar-refractivity contribution is 6.24. The van der Waals surface area contributed by atoms with Crippen molar-refractivity contribution in [3.8, 4) is 17.3 Å². The molecule has 10 rings (SSSR count). The number of furan rings is 1. The number of aromatic nitrogens is 2. The predicted octanol–water partition coefficient (Wildman–Crippen LogP) is 12.4. The van der Waals surface area contributed by atoms with Crippen molar-refractivity contribution in [1.29, 1.82) is 0 Å². The van der Waals surface area contributed by atoms with Crippen LogP contribution in [0.15, 0.2) is 156 Å². The molecule has 0 aliphatic carbocycles. The molecule has 0 spiro atoms. The largest absolute Gasteiger partial charge is 0.457 e. The summed E-state index contributed by atoms with van der Waals surface area (Å²) in [6.07, 6.45) is 1.91. The van der Waals surface area contributed by atoms with Gasteiger partial charge in [0.2, 0.25) is 0 Å². The molecule has 0 saturated heterocycles. The minimum absolute atomic E-state index is 0.0435. The molecule has 0 saturated carbocycles. The van der Waals surface area contributed by atoms with Crippen molar-refractivity contribution >= 4 is 66.5 Å². The molecule has 1 aliphatic rings. The number of hydrogen-bond acceptors (Lipinski definition) is 5. The molecule has 6 aromatic carbocycles. The van der Waals surface area contributed by atoms with E-state index in [1.54, 1.807) is 0 Å². The topological polar surface area (TPSA) is 46.7 Å². The van der Waals surface area contributed by atoms with Gasteiger partial charge < -0.3 is 19.0 Å². The van der Waals surface area contributed by atoms with Gasteiger partial charge in [-0.1, -0.05) is 87.5 Å². The summed E-state index contributed by atoms with van der Waals surface area (Å²) in [7, 11) is 0. The van der Waals surface area contributed by atoms with E-state index in [0.717, 1.165) is 72.7 Å². The third-order valence-corrected chi connectivity index (χ3v) is 10.3. The lowest BCUT2D eigenvalue weighted by atomic mass is 9.88. The van der Waals surface area contributed by atoms with Gasteiger partial charge in [0.15, 0.2) is 5.58 Å². The molecule has 252 valence electrons. The van der Waals surface area contributed by atoms with Gasteiger partial charge in [-0.2, -0.15) is 0 Å². The Balaban J connectivity index is 1.10. The maximum atomic E-state index is 6.68. The van der Waals surface area contributed by atoms with E-state index < -0.39 is 0 Å². The maximum absolute atomic E-state index is 6.68. The van der Waals surface area contributed by atoms with E-state index in [9.17, 15) is 0 Å². The number of fused-ring (bicyclic) bond motifs is 8. The summed E-state index contributed by atoms with van der Waals surface area (Å²) in [5.74, 6) is 2.34. The van der Waals surface area contributed by atoms with Crippen molar-refractivity contribution in [2.24, 2.45) is 0 Å². The van der Waals surface area contributed by atoms with Crippen LogP contribution in [0.5, 0.6) is 11.5 Å². The van der Waals surface area contributed by atoms with Crippen LogP contribution < -0.4 is 14.5 Å². The molecule has 52 heavy (non-hydrogen) atoms. The molecular weight excluding hydrogens is 641 g/mol. The normalized spacial score (nSPS) is 13.1. The summed E-state index contributed by atoms with van der Waals surface area (Å²) in [5.41, 5.74) is 9.42. The fourth-order valence-corrected chi connectivity index (χ4v) is 7.68. The Labute approximate surface area is 301 Å². The highest BCUT2D eigenvalue weighted by atomic mass is 16.5. The summed E-state index contributed by atoms with van der Waals surface area (Å²) in [6, 6.07) is 50.7. The Kier molecular flexibility index (Phi) is 6.70. The molecule has 6 heteroatoms. The number of para-hydroxylation sites is 3. The molecule has 3 aromatic heterocycles. The second kappa shape index (κ2) is 11.5. The van der Waals surface area contributed by atoms with Gasteiger partial charge >= 0.3 is 0 Å². The van der Waals surface area contributed by atoms with Gasteiger partial charge in [0.05, 0.1) is 22.3 Å². The molecule has 0 atom stereocenters. The Hall–Kier alpha value is -6.53. The number of rotatable bonds is 5. The molecule has 4 heterocycles. The van der Waals surface area contributed by atoms with Crippen LogP contribution in [0.3, 0.4) is 0 Å². The first-order valence-corrected chi connectivity index (χ1v) is 17.7. The fraction of sp³-hybridized carbons (Fsp3) is 0.109. The third kappa shape index (κ3) is 4.83. The minimum Gasteiger partial charge on any atom is -0.457 e. The van der Waals surface area contributed by atoms with Crippen LogP contribution in [-0.4, -0.2) is 16.2 Å². The van der Waals surface area contributed by atoms with Crippen molar-refractivity contribution in [2.45, 2.75) is 26.2 Å². The summed E-state index contributed by atoms with van der Waals surface area (Å²) in [4.78, 5) is 9.63. The molecular formula is C46H36N4O2. The number of ether oxygens (including phenoxy) is 1. The fourth-order valence-electron chi connectivity index (χ4n) is 7.68. The van der Waals surface area contributed by atoms with Gasteiger partial charge in [0, 0.05) is 35.1 Å². The van der Waals surface area contributed by atoms with Crippen molar-refractivity contribution < 1.29 is 9.15 Å². The molecule has 0 radical (unpaired) electrons. The highest BCUT2D eigenvalue weighted by Gasteiger charge is 2.28. The van der Waals surface area contributed by atoms with E-state index in [0.29, 0.717) is 6.67 Å². The van der Waals surface area contributed by atoms with Crippen molar-refractivity contribution in [3.05, 3.63) is 157 Å². The monoisotopic (exact) mass is 676 g/mol. The van der Waals surface area contributed by atoms with E-state index in [2.05, 4.69) is 169 Å². The van der Waals surface area contributed by atoms with E-state index in [1.165, 1.54) is 16.6 Å². The zero-order valence-corrected chi connectivity index (χ0v) is 29.2. The average Bonchev–Trinajstić information content (AvgIpc) is 3.84. The molecule has 0 unspecified atom stereocenters. The Bertz CT molecular complexity index is 2810. The number of hydrogen-bond donors (Lipinski definition) is 0. The van der Waals surface area contributed by atoms with Gasteiger partial charge in [-0.05, 0) is 88.5 Å². The van der Waals surface area contributed by atoms with E-state index in [-0.39, 0.29) is 5.41 Å². The zero-order chi connectivity index (χ0) is 35.0. The summed E-state index contributed by atoms with van der Waals surface area (Å²) in [6.45, 7) is 7.40. The van der Waals surface area contributed by atoms with Gasteiger partial charge in [0.1, 0.15) is 35.1 Å². The Morgan fingerprint density at radius 3 is 2.19 bits per heavy atom. The van der Waals surface area contributed by atoms with E-state index >= 15 is 0 Å². The standard InChI is InChI=1S/C46H36N4O2/c1-46(2,3)31-24-25-47-42(26-31)50-40-28-35(21-22-37(40)45-44(50)43-36-17-8-7-12-30(36)20-23-41(43)52-45)51-34-16-11-15-33(27-34)49-29-48(32-13-5-4-6-14-32)38-18-9-10-19-39(38)49/h4-28H,29H2,1-3H3. The molecule has 0 N–H and O–H groups in total. The second-order valence-corrected chi connectivity index (χ2v) is 14.5. The van der Waals surface area contributed by atoms with Gasteiger partial charge in [-0.3, -0.25) is 4.57 Å². The van der Waals surface area contributed by atoms with Crippen LogP contribution in [0.1, 0.15) is 26.3 Å². The quantitative estimate of drug-likeness (QED) is 0.182. The Morgan fingerprint density at radius 2 is 1.37 bits per heavy atom. The number of pyridine rings is 1. The van der Waals surface area contributed by atoms with Crippen LogP contribution in [0.25, 0.3) is 49.6 Å². The Morgan fingerprint density at radius 1 is 0.635 bits per heavy atom. The smallest absolute Gasteiger partial charge is 0.161 e. The molecule has 9 aromatic rings. The van der Waals surface area contributed by atoms with Crippen LogP contribution in [0.2, 0.25) is 0 Å². The lowest BCUT2D eigenvalue weighted by Gasteiger charge is -2.22. The lowest BCUT2D eigenvalue weighted by molar-refractivity contribution is 0.483. The maximum Gasteiger partial charge on any atom is 0.161 e. The van der Waals surface area contributed by atoms with Crippen LogP contribution in [0, 0.1) is 0 Å². The van der Waals surface area contributed by atoms with Crippen LogP contribution in [-0.2, 0) is 5.41 Å². The zero-order valence-electron chi connectivity index (χ0n) is 29.2. The summed E-state index contributed by atoms with van der Waals surface area (Å²) < 4.78 is 15.6. The van der Waals surface area contributed by atoms with Gasteiger partial charge in [-0.15, -0.1) is 0 Å². The number of benzene rings is 6. The average molecular weight is 677 g/mol. The van der Waals surface area contributed by atoms with Gasteiger partial charge in [0.25, 0.3) is 0 Å². The minimum atomic E-state index is -0.0435. The predicted molar refractivity (Wildman–Crippen MR) is 213 cm³/mol. The van der Waals surface area contributed by atoms with Crippen LogP contribution >= 0.6 is 0 Å². The number of anilines is 4. The van der Waals surface area contributed by atoms with Crippen molar-refractivity contribution in [3.63, 3.8) is 0 Å². The third-order valence-electron chi connectivity index (χ3n) is 10.3. The first-order valence-electron chi connectivity index (χ1n) is 17.7.